The number of non-ortho nitro benzene ring substituents is 1. The summed E-state index contributed by atoms with van der Waals surface area (Å²) >= 11 is 0. The predicted molar refractivity (Wildman–Crippen MR) is 111 cm³/mol. The van der Waals surface area contributed by atoms with Gasteiger partial charge >= 0.3 is 0 Å². The Morgan fingerprint density at radius 1 is 1.06 bits per heavy atom. The van der Waals surface area contributed by atoms with E-state index >= 15 is 0 Å². The normalized spacial score (nSPS) is 19.6. The van der Waals surface area contributed by atoms with Crippen LogP contribution in [0.4, 0.5) is 11.4 Å². The zero-order valence-electron chi connectivity index (χ0n) is 17.3. The largest absolute Gasteiger partial charge is 0.482 e. The SMILES string of the molecule is O=C(CN1C(=O)COc2ccc([N+](=O)[O-])cc21)N1CCC(C(=O)N2CCCCC2)CC1. The average Bonchev–Trinajstić information content (AvgIpc) is 2.80. The van der Waals surface area contributed by atoms with Crippen LogP contribution >= 0.6 is 0 Å². The van der Waals surface area contributed by atoms with Gasteiger partial charge in [-0.15, -0.1) is 0 Å². The molecule has 0 saturated carbocycles. The molecule has 1 aromatic carbocycles. The van der Waals surface area contributed by atoms with Gasteiger partial charge in [-0.3, -0.25) is 29.4 Å². The van der Waals surface area contributed by atoms with E-state index in [-0.39, 0.29) is 42.3 Å². The zero-order chi connectivity index (χ0) is 22.0. The second kappa shape index (κ2) is 8.91. The second-order valence-corrected chi connectivity index (χ2v) is 8.22. The summed E-state index contributed by atoms with van der Waals surface area (Å²) in [6.07, 6.45) is 4.50. The molecule has 2 saturated heterocycles. The number of hydrogen-bond donors (Lipinski definition) is 0. The molecule has 10 nitrogen and oxygen atoms in total. The number of likely N-dealkylation sites (tertiary alicyclic amines) is 2. The highest BCUT2D eigenvalue weighted by atomic mass is 16.6. The van der Waals surface area contributed by atoms with Crippen LogP contribution in [0.2, 0.25) is 0 Å². The smallest absolute Gasteiger partial charge is 0.271 e. The topological polar surface area (TPSA) is 113 Å². The molecule has 2 fully saturated rings. The number of carbonyl (C=O) groups is 3. The molecule has 0 aliphatic carbocycles. The van der Waals surface area contributed by atoms with E-state index in [1.165, 1.54) is 29.5 Å². The summed E-state index contributed by atoms with van der Waals surface area (Å²) in [5.74, 6) is -0.191. The van der Waals surface area contributed by atoms with Crippen molar-refractivity contribution in [3.8, 4) is 5.75 Å². The number of piperidine rings is 2. The summed E-state index contributed by atoms with van der Waals surface area (Å²) in [4.78, 5) is 53.4. The van der Waals surface area contributed by atoms with Crippen LogP contribution in [-0.2, 0) is 14.4 Å². The van der Waals surface area contributed by atoms with E-state index < -0.39 is 10.8 Å². The molecular formula is C21H26N4O6. The highest BCUT2D eigenvalue weighted by Gasteiger charge is 2.34. The van der Waals surface area contributed by atoms with Crippen LogP contribution in [0.3, 0.4) is 0 Å². The fourth-order valence-electron chi connectivity index (χ4n) is 4.46. The number of rotatable bonds is 4. The van der Waals surface area contributed by atoms with Crippen LogP contribution in [-0.4, -0.2) is 71.8 Å². The molecular weight excluding hydrogens is 404 g/mol. The number of nitro groups is 1. The summed E-state index contributed by atoms with van der Waals surface area (Å²) in [5, 5.41) is 11.1. The Morgan fingerprint density at radius 2 is 1.77 bits per heavy atom. The van der Waals surface area contributed by atoms with Gasteiger partial charge in [0, 0.05) is 44.2 Å². The summed E-state index contributed by atoms with van der Waals surface area (Å²) in [7, 11) is 0. The van der Waals surface area contributed by atoms with Crippen LogP contribution in [0.15, 0.2) is 18.2 Å². The van der Waals surface area contributed by atoms with E-state index in [9.17, 15) is 24.5 Å². The Kier molecular flexibility index (Phi) is 6.06. The van der Waals surface area contributed by atoms with Crippen molar-refractivity contribution >= 4 is 29.1 Å². The van der Waals surface area contributed by atoms with Gasteiger partial charge in [0.2, 0.25) is 11.8 Å². The lowest BCUT2D eigenvalue weighted by Gasteiger charge is -2.36. The molecule has 1 aromatic rings. The lowest BCUT2D eigenvalue weighted by atomic mass is 9.94. The van der Waals surface area contributed by atoms with Crippen LogP contribution in [0.1, 0.15) is 32.1 Å². The highest BCUT2D eigenvalue weighted by Crippen LogP contribution is 2.35. The zero-order valence-corrected chi connectivity index (χ0v) is 17.3. The van der Waals surface area contributed by atoms with Gasteiger partial charge < -0.3 is 14.5 Å². The van der Waals surface area contributed by atoms with E-state index in [0.29, 0.717) is 31.7 Å². The van der Waals surface area contributed by atoms with Gasteiger partial charge in [0.15, 0.2) is 6.61 Å². The first-order chi connectivity index (χ1) is 14.9. The third-order valence-corrected chi connectivity index (χ3v) is 6.25. The van der Waals surface area contributed by atoms with Crippen molar-refractivity contribution in [3.63, 3.8) is 0 Å². The summed E-state index contributed by atoms with van der Waals surface area (Å²) in [5.41, 5.74) is 0.0560. The van der Waals surface area contributed by atoms with Crippen molar-refractivity contribution in [1.29, 1.82) is 0 Å². The van der Waals surface area contributed by atoms with Gasteiger partial charge in [0.25, 0.3) is 11.6 Å². The number of nitro benzene ring substituents is 1. The summed E-state index contributed by atoms with van der Waals surface area (Å²) in [6.45, 7) is 2.14. The molecule has 0 unspecified atom stereocenters. The minimum Gasteiger partial charge on any atom is -0.482 e. The quantitative estimate of drug-likeness (QED) is 0.529. The first-order valence-corrected chi connectivity index (χ1v) is 10.7. The number of amides is 3. The molecule has 3 amide bonds. The van der Waals surface area contributed by atoms with E-state index in [1.807, 2.05) is 4.90 Å². The second-order valence-electron chi connectivity index (χ2n) is 8.22. The van der Waals surface area contributed by atoms with E-state index in [1.54, 1.807) is 4.90 Å². The van der Waals surface area contributed by atoms with Gasteiger partial charge in [-0.2, -0.15) is 0 Å². The highest BCUT2D eigenvalue weighted by molar-refractivity contribution is 6.02. The minimum absolute atomic E-state index is 0.0597. The van der Waals surface area contributed by atoms with Crippen molar-refractivity contribution in [2.45, 2.75) is 32.1 Å². The molecule has 0 radical (unpaired) electrons. The van der Waals surface area contributed by atoms with Gasteiger partial charge in [0.1, 0.15) is 12.3 Å². The lowest BCUT2D eigenvalue weighted by Crippen LogP contribution is -2.50. The Morgan fingerprint density at radius 3 is 2.45 bits per heavy atom. The number of benzene rings is 1. The lowest BCUT2D eigenvalue weighted by molar-refractivity contribution is -0.384. The Hall–Kier alpha value is -3.17. The molecule has 10 heteroatoms. The Balaban J connectivity index is 1.38. The van der Waals surface area contributed by atoms with Crippen molar-refractivity contribution in [1.82, 2.24) is 9.80 Å². The number of nitrogens with zero attached hydrogens (tertiary/aromatic N) is 4. The monoisotopic (exact) mass is 430 g/mol. The Bertz CT molecular complexity index is 890. The number of carbonyl (C=O) groups excluding carboxylic acids is 3. The van der Waals surface area contributed by atoms with Crippen LogP contribution in [0.5, 0.6) is 5.75 Å². The minimum atomic E-state index is -0.552. The predicted octanol–water partition coefficient (Wildman–Crippen LogP) is 1.57. The van der Waals surface area contributed by atoms with Crippen LogP contribution in [0, 0.1) is 16.0 Å². The maximum Gasteiger partial charge on any atom is 0.271 e. The standard InChI is InChI=1S/C21H26N4O6/c26-19(22-10-6-15(7-11-22)21(28)23-8-2-1-3-9-23)13-24-17-12-16(25(29)30)4-5-18(17)31-14-20(24)27/h4-5,12,15H,1-3,6-11,13-14H2. The van der Waals surface area contributed by atoms with Crippen molar-refractivity contribution in [2.75, 3.05) is 44.2 Å². The van der Waals surface area contributed by atoms with E-state index in [0.717, 1.165) is 25.9 Å². The maximum absolute atomic E-state index is 12.9. The molecule has 3 heterocycles. The molecule has 3 aliphatic heterocycles. The molecule has 31 heavy (non-hydrogen) atoms. The van der Waals surface area contributed by atoms with Gasteiger partial charge in [-0.05, 0) is 38.2 Å². The van der Waals surface area contributed by atoms with Crippen LogP contribution < -0.4 is 9.64 Å². The number of ether oxygens (including phenoxy) is 1. The number of anilines is 1. The van der Waals surface area contributed by atoms with Gasteiger partial charge in [-0.25, -0.2) is 0 Å². The fraction of sp³-hybridized carbons (Fsp3) is 0.571. The molecule has 4 rings (SSSR count). The average molecular weight is 430 g/mol. The molecule has 166 valence electrons. The molecule has 3 aliphatic rings. The van der Waals surface area contributed by atoms with Gasteiger partial charge in [0.05, 0.1) is 10.6 Å². The first kappa shape index (κ1) is 21.1. The summed E-state index contributed by atoms with van der Waals surface area (Å²) in [6, 6.07) is 4.00. The molecule has 0 bridgehead atoms. The number of fused-ring (bicyclic) bond motifs is 1. The first-order valence-electron chi connectivity index (χ1n) is 10.7. The maximum atomic E-state index is 12.9. The molecule has 0 aromatic heterocycles. The van der Waals surface area contributed by atoms with Crippen molar-refractivity contribution in [3.05, 3.63) is 28.3 Å². The fourth-order valence-corrected chi connectivity index (χ4v) is 4.46. The third kappa shape index (κ3) is 4.47. The van der Waals surface area contributed by atoms with E-state index in [2.05, 4.69) is 0 Å². The van der Waals surface area contributed by atoms with Crippen LogP contribution in [0.25, 0.3) is 0 Å². The molecule has 0 atom stereocenters. The number of hydrogen-bond acceptors (Lipinski definition) is 6. The summed E-state index contributed by atoms with van der Waals surface area (Å²) < 4.78 is 5.34. The van der Waals surface area contributed by atoms with E-state index in [4.69, 9.17) is 4.74 Å². The van der Waals surface area contributed by atoms with Crippen molar-refractivity contribution < 1.29 is 24.0 Å². The third-order valence-electron chi connectivity index (χ3n) is 6.25. The van der Waals surface area contributed by atoms with Gasteiger partial charge in [-0.1, -0.05) is 0 Å². The molecule has 0 spiro atoms. The Labute approximate surface area is 179 Å². The molecule has 0 N–H and O–H groups in total. The van der Waals surface area contributed by atoms with Crippen molar-refractivity contribution in [2.24, 2.45) is 5.92 Å².